The van der Waals surface area contributed by atoms with Gasteiger partial charge in [0.25, 0.3) is 0 Å². The maximum absolute atomic E-state index is 6.14. The quantitative estimate of drug-likeness (QED) is 0.744. The third-order valence-corrected chi connectivity index (χ3v) is 4.22. The number of ether oxygens (including phenoxy) is 1. The first-order valence-corrected chi connectivity index (χ1v) is 7.38. The van der Waals surface area contributed by atoms with Gasteiger partial charge in [-0.05, 0) is 19.4 Å². The van der Waals surface area contributed by atoms with Crippen LogP contribution in [0.25, 0.3) is 21.9 Å². The normalized spacial score (nSPS) is 21.8. The van der Waals surface area contributed by atoms with Crippen LogP contribution < -0.4 is 5.73 Å². The number of rotatable bonds is 1. The zero-order valence-electron chi connectivity index (χ0n) is 12.2. The second-order valence-corrected chi connectivity index (χ2v) is 5.63. The van der Waals surface area contributed by atoms with Crippen molar-refractivity contribution in [3.8, 4) is 0 Å². The Bertz CT molecular complexity index is 839. The van der Waals surface area contributed by atoms with Gasteiger partial charge < -0.3 is 15.0 Å². The molecule has 3 heterocycles. The zero-order valence-corrected chi connectivity index (χ0v) is 12.2. The van der Waals surface area contributed by atoms with Crippen molar-refractivity contribution >= 4 is 27.8 Å². The summed E-state index contributed by atoms with van der Waals surface area (Å²) < 4.78 is 8.19. The van der Waals surface area contributed by atoms with Crippen LogP contribution >= 0.6 is 0 Å². The number of hydrogen-bond acceptors (Lipinski definition) is 4. The standard InChI is InChI=1S/C16H18N4O/c1-3-12-16-19-13-14(20(16)9(2)8-21-12)10-6-4-5-7-11(10)18-15(13)17/h4-7,9,12H,3,8H2,1-2H3,(H2,17,18)/t9-,12?/m0/s1. The first-order chi connectivity index (χ1) is 10.2. The van der Waals surface area contributed by atoms with Crippen LogP contribution in [0.4, 0.5) is 5.82 Å². The second kappa shape index (κ2) is 4.43. The van der Waals surface area contributed by atoms with Crippen LogP contribution in [0.1, 0.15) is 38.2 Å². The summed E-state index contributed by atoms with van der Waals surface area (Å²) >= 11 is 0. The summed E-state index contributed by atoms with van der Waals surface area (Å²) in [6.45, 7) is 4.97. The number of pyridine rings is 1. The molecule has 2 atom stereocenters. The van der Waals surface area contributed by atoms with Crippen LogP contribution in [0, 0.1) is 0 Å². The Balaban J connectivity index is 2.18. The molecule has 0 fully saturated rings. The number of hydrogen-bond donors (Lipinski definition) is 1. The molecular weight excluding hydrogens is 264 g/mol. The number of anilines is 1. The number of benzene rings is 1. The molecule has 5 nitrogen and oxygen atoms in total. The fourth-order valence-electron chi connectivity index (χ4n) is 3.22. The van der Waals surface area contributed by atoms with Gasteiger partial charge in [-0.25, -0.2) is 9.97 Å². The molecule has 5 heteroatoms. The highest BCUT2D eigenvalue weighted by molar-refractivity contribution is 6.06. The maximum atomic E-state index is 6.14. The lowest BCUT2D eigenvalue weighted by atomic mass is 10.1. The van der Waals surface area contributed by atoms with Gasteiger partial charge in [-0.15, -0.1) is 0 Å². The molecule has 0 saturated heterocycles. The van der Waals surface area contributed by atoms with Crippen LogP contribution in [-0.2, 0) is 4.74 Å². The van der Waals surface area contributed by atoms with E-state index in [1.165, 1.54) is 0 Å². The molecule has 0 spiro atoms. The van der Waals surface area contributed by atoms with Gasteiger partial charge in [0.15, 0.2) is 5.82 Å². The third kappa shape index (κ3) is 1.67. The van der Waals surface area contributed by atoms with Gasteiger partial charge >= 0.3 is 0 Å². The summed E-state index contributed by atoms with van der Waals surface area (Å²) in [5.41, 5.74) is 8.93. The fourth-order valence-corrected chi connectivity index (χ4v) is 3.22. The summed E-state index contributed by atoms with van der Waals surface area (Å²) in [5, 5.41) is 1.10. The third-order valence-electron chi connectivity index (χ3n) is 4.22. The smallest absolute Gasteiger partial charge is 0.152 e. The van der Waals surface area contributed by atoms with Crippen molar-refractivity contribution in [3.63, 3.8) is 0 Å². The molecule has 0 amide bonds. The summed E-state index contributed by atoms with van der Waals surface area (Å²) in [5.74, 6) is 1.46. The van der Waals surface area contributed by atoms with Crippen molar-refractivity contribution in [2.45, 2.75) is 32.4 Å². The van der Waals surface area contributed by atoms with E-state index in [4.69, 9.17) is 15.5 Å². The lowest BCUT2D eigenvalue weighted by Gasteiger charge is -2.28. The number of nitrogens with two attached hydrogens (primary N) is 1. The number of nitrogen functional groups attached to an aromatic ring is 1. The Morgan fingerprint density at radius 1 is 1.33 bits per heavy atom. The van der Waals surface area contributed by atoms with Crippen molar-refractivity contribution in [2.75, 3.05) is 12.3 Å². The molecule has 1 aromatic carbocycles. The number of fused-ring (bicyclic) bond motifs is 5. The molecule has 21 heavy (non-hydrogen) atoms. The summed E-state index contributed by atoms with van der Waals surface area (Å²) in [4.78, 5) is 9.24. The van der Waals surface area contributed by atoms with Gasteiger partial charge in [-0.2, -0.15) is 0 Å². The predicted octanol–water partition coefficient (Wildman–Crippen LogP) is 3.21. The van der Waals surface area contributed by atoms with Crippen molar-refractivity contribution in [1.82, 2.24) is 14.5 Å². The van der Waals surface area contributed by atoms with E-state index in [1.807, 2.05) is 18.2 Å². The molecule has 2 aromatic heterocycles. The van der Waals surface area contributed by atoms with Gasteiger partial charge in [-0.3, -0.25) is 0 Å². The van der Waals surface area contributed by atoms with Gasteiger partial charge in [0.1, 0.15) is 17.4 Å². The molecule has 2 N–H and O–H groups in total. The lowest BCUT2D eigenvalue weighted by Crippen LogP contribution is -2.25. The van der Waals surface area contributed by atoms with Gasteiger partial charge in [0.05, 0.1) is 23.7 Å². The topological polar surface area (TPSA) is 66.0 Å². The van der Waals surface area contributed by atoms with Gasteiger partial charge in [0, 0.05) is 5.39 Å². The average molecular weight is 282 g/mol. The maximum Gasteiger partial charge on any atom is 0.152 e. The molecular formula is C16H18N4O. The Labute approximate surface area is 122 Å². The van der Waals surface area contributed by atoms with Crippen LogP contribution in [0.2, 0.25) is 0 Å². The highest BCUT2D eigenvalue weighted by atomic mass is 16.5. The molecule has 1 aliphatic heterocycles. The Hall–Kier alpha value is -2.14. The molecule has 4 rings (SSSR count). The summed E-state index contributed by atoms with van der Waals surface area (Å²) in [6.07, 6.45) is 0.938. The summed E-state index contributed by atoms with van der Waals surface area (Å²) in [7, 11) is 0. The van der Waals surface area contributed by atoms with E-state index in [-0.39, 0.29) is 12.1 Å². The van der Waals surface area contributed by atoms with Crippen molar-refractivity contribution in [2.24, 2.45) is 0 Å². The molecule has 108 valence electrons. The lowest BCUT2D eigenvalue weighted by molar-refractivity contribution is 0.0000509. The zero-order chi connectivity index (χ0) is 14.6. The minimum Gasteiger partial charge on any atom is -0.382 e. The fraction of sp³-hybridized carbons (Fsp3) is 0.375. The summed E-state index contributed by atoms with van der Waals surface area (Å²) in [6, 6.07) is 8.34. The monoisotopic (exact) mass is 282 g/mol. The number of nitrogens with zero attached hydrogens (tertiary/aromatic N) is 3. The minimum atomic E-state index is 0.0340. The van der Waals surface area contributed by atoms with Crippen LogP contribution in [0.5, 0.6) is 0 Å². The van der Waals surface area contributed by atoms with E-state index in [0.29, 0.717) is 12.4 Å². The highest BCUT2D eigenvalue weighted by Crippen LogP contribution is 2.37. The van der Waals surface area contributed by atoms with Crippen molar-refractivity contribution in [3.05, 3.63) is 30.1 Å². The predicted molar refractivity (Wildman–Crippen MR) is 83.1 cm³/mol. The van der Waals surface area contributed by atoms with Gasteiger partial charge in [-0.1, -0.05) is 25.1 Å². The van der Waals surface area contributed by atoms with E-state index in [1.54, 1.807) is 0 Å². The second-order valence-electron chi connectivity index (χ2n) is 5.63. The molecule has 0 bridgehead atoms. The average Bonchev–Trinajstić information content (AvgIpc) is 2.90. The Morgan fingerprint density at radius 2 is 2.14 bits per heavy atom. The molecule has 0 radical (unpaired) electrons. The molecule has 0 saturated carbocycles. The van der Waals surface area contributed by atoms with E-state index < -0.39 is 0 Å². The molecule has 3 aromatic rings. The van der Waals surface area contributed by atoms with E-state index in [0.717, 1.165) is 34.2 Å². The molecule has 1 aliphatic rings. The number of para-hydroxylation sites is 1. The van der Waals surface area contributed by atoms with Crippen LogP contribution in [0.15, 0.2) is 24.3 Å². The van der Waals surface area contributed by atoms with E-state index in [9.17, 15) is 0 Å². The SMILES string of the molecule is CCC1OC[C@H](C)n2c1nc1c(N)nc3ccccc3c12. The Morgan fingerprint density at radius 3 is 2.95 bits per heavy atom. The number of aromatic nitrogens is 3. The Kier molecular flexibility index (Phi) is 2.65. The highest BCUT2D eigenvalue weighted by Gasteiger charge is 2.29. The largest absolute Gasteiger partial charge is 0.382 e. The van der Waals surface area contributed by atoms with Crippen molar-refractivity contribution < 1.29 is 4.74 Å². The number of imidazole rings is 1. The molecule has 1 unspecified atom stereocenters. The van der Waals surface area contributed by atoms with Gasteiger partial charge in [0.2, 0.25) is 0 Å². The molecule has 0 aliphatic carbocycles. The van der Waals surface area contributed by atoms with Crippen LogP contribution in [-0.4, -0.2) is 21.1 Å². The van der Waals surface area contributed by atoms with E-state index >= 15 is 0 Å². The first-order valence-electron chi connectivity index (χ1n) is 7.38. The first kappa shape index (κ1) is 12.6. The minimum absolute atomic E-state index is 0.0340. The van der Waals surface area contributed by atoms with Crippen LogP contribution in [0.3, 0.4) is 0 Å². The van der Waals surface area contributed by atoms with Crippen molar-refractivity contribution in [1.29, 1.82) is 0 Å². The van der Waals surface area contributed by atoms with E-state index in [2.05, 4.69) is 29.5 Å².